The van der Waals surface area contributed by atoms with Crippen LogP contribution in [0.25, 0.3) is 22.5 Å². The molecule has 0 saturated carbocycles. The summed E-state index contributed by atoms with van der Waals surface area (Å²) in [5.41, 5.74) is 3.23. The van der Waals surface area contributed by atoms with Gasteiger partial charge in [-0.15, -0.1) is 0 Å². The first kappa shape index (κ1) is 12.5. The van der Waals surface area contributed by atoms with Crippen molar-refractivity contribution in [2.24, 2.45) is 0 Å². The van der Waals surface area contributed by atoms with Gasteiger partial charge in [-0.05, 0) is 12.5 Å². The Labute approximate surface area is 118 Å². The van der Waals surface area contributed by atoms with Crippen LogP contribution >= 0.6 is 0 Å². The Morgan fingerprint density at radius 2 is 1.45 bits per heavy atom. The Balaban J connectivity index is 2.13. The van der Waals surface area contributed by atoms with Crippen molar-refractivity contribution in [3.05, 3.63) is 66.7 Å². The van der Waals surface area contributed by atoms with Gasteiger partial charge in [-0.2, -0.15) is 0 Å². The van der Waals surface area contributed by atoms with Gasteiger partial charge in [0.25, 0.3) is 5.95 Å². The number of benzene rings is 2. The van der Waals surface area contributed by atoms with Crippen LogP contribution < -0.4 is 4.74 Å². The number of hydrogen-bond donors (Lipinski definition) is 0. The van der Waals surface area contributed by atoms with Crippen molar-refractivity contribution in [1.82, 2.24) is 0 Å². The highest BCUT2D eigenvalue weighted by Gasteiger charge is 2.15. The molecule has 0 amide bonds. The summed E-state index contributed by atoms with van der Waals surface area (Å²) < 4.78 is 11.4. The number of rotatable bonds is 4. The lowest BCUT2D eigenvalue weighted by atomic mass is 10.0. The molecule has 0 aliphatic heterocycles. The maximum absolute atomic E-state index is 5.87. The number of hydrogen-bond acceptors (Lipinski definition) is 2. The van der Waals surface area contributed by atoms with E-state index in [1.54, 1.807) is 0 Å². The van der Waals surface area contributed by atoms with E-state index in [4.69, 9.17) is 9.15 Å². The molecule has 2 nitrogen and oxygen atoms in total. The Hall–Kier alpha value is -2.48. The van der Waals surface area contributed by atoms with Gasteiger partial charge in [0.1, 0.15) is 5.76 Å². The first-order valence-electron chi connectivity index (χ1n) is 6.76. The lowest BCUT2D eigenvalue weighted by Gasteiger charge is -2.02. The predicted octanol–water partition coefficient (Wildman–Crippen LogP) is 5.01. The first-order chi connectivity index (χ1) is 9.88. The van der Waals surface area contributed by atoms with Crippen LogP contribution in [0.15, 0.2) is 71.1 Å². The smallest absolute Gasteiger partial charge is 0.285 e. The van der Waals surface area contributed by atoms with E-state index in [9.17, 15) is 0 Å². The summed E-state index contributed by atoms with van der Waals surface area (Å²) in [6, 6.07) is 22.3. The molecule has 2 heteroatoms. The van der Waals surface area contributed by atoms with Crippen LogP contribution in [0, 0.1) is 0 Å². The quantitative estimate of drug-likeness (QED) is 0.660. The molecular formula is C18H16O2. The largest absolute Gasteiger partial charge is 0.465 e. The van der Waals surface area contributed by atoms with Gasteiger partial charge < -0.3 is 9.15 Å². The minimum Gasteiger partial charge on any atom is -0.465 e. The topological polar surface area (TPSA) is 22.4 Å². The van der Waals surface area contributed by atoms with Crippen LogP contribution in [0.3, 0.4) is 0 Å². The number of furan rings is 1. The molecule has 0 atom stereocenters. The second kappa shape index (κ2) is 5.66. The molecule has 0 aliphatic carbocycles. The van der Waals surface area contributed by atoms with Gasteiger partial charge >= 0.3 is 0 Å². The molecule has 0 aliphatic rings. The minimum atomic E-state index is 0.560. The summed E-state index contributed by atoms with van der Waals surface area (Å²) in [7, 11) is 0. The van der Waals surface area contributed by atoms with Crippen LogP contribution in [-0.2, 0) is 0 Å². The highest BCUT2D eigenvalue weighted by atomic mass is 16.6. The van der Waals surface area contributed by atoms with E-state index in [-0.39, 0.29) is 0 Å². The van der Waals surface area contributed by atoms with Gasteiger partial charge in [-0.1, -0.05) is 60.7 Å². The van der Waals surface area contributed by atoms with Crippen molar-refractivity contribution in [2.45, 2.75) is 6.92 Å². The van der Waals surface area contributed by atoms with Crippen molar-refractivity contribution >= 4 is 0 Å². The second-order valence-electron chi connectivity index (χ2n) is 4.47. The van der Waals surface area contributed by atoms with Gasteiger partial charge in [-0.3, -0.25) is 0 Å². The third kappa shape index (κ3) is 2.45. The molecule has 1 heterocycles. The standard InChI is InChI=1S/C18H16O2/c1-2-19-17-13-16(14-9-5-3-6-10-14)18(20-17)15-11-7-4-8-12-15/h3-13H,2H2,1H3. The van der Waals surface area contributed by atoms with Gasteiger partial charge in [0.05, 0.1) is 6.61 Å². The van der Waals surface area contributed by atoms with Gasteiger partial charge in [0.15, 0.2) is 0 Å². The molecular weight excluding hydrogens is 248 g/mol. The Morgan fingerprint density at radius 1 is 0.850 bits per heavy atom. The molecule has 2 aromatic carbocycles. The number of ether oxygens (including phenoxy) is 1. The average molecular weight is 264 g/mol. The highest BCUT2D eigenvalue weighted by Crippen LogP contribution is 2.37. The molecule has 3 rings (SSSR count). The molecule has 1 aromatic heterocycles. The van der Waals surface area contributed by atoms with Gasteiger partial charge in [0, 0.05) is 17.2 Å². The normalized spacial score (nSPS) is 10.4. The predicted molar refractivity (Wildman–Crippen MR) is 80.7 cm³/mol. The molecule has 0 fully saturated rings. The van der Waals surface area contributed by atoms with Crippen LogP contribution in [0.5, 0.6) is 5.95 Å². The van der Waals surface area contributed by atoms with Crippen molar-refractivity contribution in [3.8, 4) is 28.4 Å². The Kier molecular flexibility index (Phi) is 3.55. The third-order valence-corrected chi connectivity index (χ3v) is 3.12. The van der Waals surface area contributed by atoms with Crippen LogP contribution in [0.1, 0.15) is 6.92 Å². The lowest BCUT2D eigenvalue weighted by Crippen LogP contribution is -1.87. The zero-order chi connectivity index (χ0) is 13.8. The van der Waals surface area contributed by atoms with Crippen molar-refractivity contribution in [1.29, 1.82) is 0 Å². The monoisotopic (exact) mass is 264 g/mol. The molecule has 3 aromatic rings. The third-order valence-electron chi connectivity index (χ3n) is 3.12. The zero-order valence-electron chi connectivity index (χ0n) is 11.4. The summed E-state index contributed by atoms with van der Waals surface area (Å²) in [6.07, 6.45) is 0. The Bertz CT molecular complexity index is 612. The minimum absolute atomic E-state index is 0.560. The fourth-order valence-corrected chi connectivity index (χ4v) is 2.22. The molecule has 0 N–H and O–H groups in total. The lowest BCUT2D eigenvalue weighted by molar-refractivity contribution is 0.260. The van der Waals surface area contributed by atoms with E-state index in [0.717, 1.165) is 22.5 Å². The van der Waals surface area contributed by atoms with E-state index in [0.29, 0.717) is 12.6 Å². The summed E-state index contributed by atoms with van der Waals surface area (Å²) in [6.45, 7) is 2.54. The van der Waals surface area contributed by atoms with Crippen LogP contribution in [0.4, 0.5) is 0 Å². The van der Waals surface area contributed by atoms with E-state index < -0.39 is 0 Å². The average Bonchev–Trinajstić information content (AvgIpc) is 2.93. The molecule has 0 spiro atoms. The highest BCUT2D eigenvalue weighted by molar-refractivity contribution is 5.80. The summed E-state index contributed by atoms with van der Waals surface area (Å²) >= 11 is 0. The SMILES string of the molecule is CCOc1cc(-c2ccccc2)c(-c2ccccc2)o1. The van der Waals surface area contributed by atoms with Crippen molar-refractivity contribution < 1.29 is 9.15 Å². The maximum atomic E-state index is 5.87. The molecule has 20 heavy (non-hydrogen) atoms. The summed E-state index contributed by atoms with van der Waals surface area (Å²) in [5.74, 6) is 1.41. The second-order valence-corrected chi connectivity index (χ2v) is 4.47. The Morgan fingerprint density at radius 3 is 2.05 bits per heavy atom. The molecule has 0 bridgehead atoms. The molecule has 0 saturated heterocycles. The van der Waals surface area contributed by atoms with E-state index in [2.05, 4.69) is 12.1 Å². The first-order valence-corrected chi connectivity index (χ1v) is 6.76. The molecule has 0 radical (unpaired) electrons. The van der Waals surface area contributed by atoms with Crippen LogP contribution in [0.2, 0.25) is 0 Å². The van der Waals surface area contributed by atoms with E-state index >= 15 is 0 Å². The maximum Gasteiger partial charge on any atom is 0.285 e. The molecule has 0 unspecified atom stereocenters. The van der Waals surface area contributed by atoms with E-state index in [1.807, 2.05) is 61.5 Å². The zero-order valence-corrected chi connectivity index (χ0v) is 11.4. The fourth-order valence-electron chi connectivity index (χ4n) is 2.22. The molecule has 100 valence electrons. The van der Waals surface area contributed by atoms with Gasteiger partial charge in [-0.25, -0.2) is 0 Å². The van der Waals surface area contributed by atoms with Crippen LogP contribution in [-0.4, -0.2) is 6.61 Å². The van der Waals surface area contributed by atoms with Crippen molar-refractivity contribution in [3.63, 3.8) is 0 Å². The summed E-state index contributed by atoms with van der Waals surface area (Å²) in [4.78, 5) is 0. The van der Waals surface area contributed by atoms with E-state index in [1.165, 1.54) is 0 Å². The van der Waals surface area contributed by atoms with Crippen molar-refractivity contribution in [2.75, 3.05) is 6.61 Å². The fraction of sp³-hybridized carbons (Fsp3) is 0.111. The summed E-state index contributed by atoms with van der Waals surface area (Å²) in [5, 5.41) is 0. The van der Waals surface area contributed by atoms with Gasteiger partial charge in [0.2, 0.25) is 0 Å².